The van der Waals surface area contributed by atoms with Gasteiger partial charge in [-0.2, -0.15) is 11.3 Å². The molecular weight excluding hydrogens is 208 g/mol. The van der Waals surface area contributed by atoms with E-state index < -0.39 is 0 Å². The van der Waals surface area contributed by atoms with Crippen molar-refractivity contribution in [1.29, 1.82) is 0 Å². The number of hydrogen-bond acceptors (Lipinski definition) is 3. The first-order valence-electron chi connectivity index (χ1n) is 5.11. The summed E-state index contributed by atoms with van der Waals surface area (Å²) >= 11 is 1.68. The number of ether oxygens (including phenoxy) is 2. The monoisotopic (exact) mass is 222 g/mol. The van der Waals surface area contributed by atoms with Crippen LogP contribution in [0.4, 0.5) is 0 Å². The zero-order valence-corrected chi connectivity index (χ0v) is 9.76. The lowest BCUT2D eigenvalue weighted by Crippen LogP contribution is -1.98. The third-order valence-electron chi connectivity index (χ3n) is 2.16. The molecule has 3 heteroatoms. The molecule has 80 valence electrons. The first-order chi connectivity index (χ1) is 7.36. The van der Waals surface area contributed by atoms with Gasteiger partial charge in [-0.05, 0) is 36.7 Å². The lowest BCUT2D eigenvalue weighted by atomic mass is 10.2. The van der Waals surface area contributed by atoms with E-state index in [1.807, 2.05) is 19.9 Å². The average Bonchev–Trinajstić information content (AvgIpc) is 2.70. The van der Waals surface area contributed by atoms with Gasteiger partial charge in [-0.15, -0.1) is 0 Å². The summed E-state index contributed by atoms with van der Waals surface area (Å²) in [6.45, 7) is 5.29. The molecule has 0 aliphatic rings. The molecule has 15 heavy (non-hydrogen) atoms. The van der Waals surface area contributed by atoms with Crippen LogP contribution in [-0.4, -0.2) is 13.2 Å². The summed E-state index contributed by atoms with van der Waals surface area (Å²) < 4.78 is 11.2. The quantitative estimate of drug-likeness (QED) is 0.785. The van der Waals surface area contributed by atoms with Crippen LogP contribution in [-0.2, 0) is 0 Å². The third kappa shape index (κ3) is 1.92. The van der Waals surface area contributed by atoms with Crippen LogP contribution in [0.25, 0.3) is 10.8 Å². The molecule has 0 atom stereocenters. The lowest BCUT2D eigenvalue weighted by molar-refractivity contribution is 0.291. The van der Waals surface area contributed by atoms with Crippen LogP contribution in [0.5, 0.6) is 11.5 Å². The summed E-state index contributed by atoms with van der Waals surface area (Å²) in [4.78, 5) is 0. The molecular formula is C12H14O2S. The number of fused-ring (bicyclic) bond motifs is 1. The molecule has 2 nitrogen and oxygen atoms in total. The second-order valence-corrected chi connectivity index (χ2v) is 3.88. The second-order valence-electron chi connectivity index (χ2n) is 3.13. The van der Waals surface area contributed by atoms with Crippen molar-refractivity contribution in [1.82, 2.24) is 0 Å². The van der Waals surface area contributed by atoms with Gasteiger partial charge < -0.3 is 9.47 Å². The van der Waals surface area contributed by atoms with Crippen molar-refractivity contribution in [2.24, 2.45) is 0 Å². The number of hydrogen-bond donors (Lipinski definition) is 0. The molecule has 0 unspecified atom stereocenters. The van der Waals surface area contributed by atoms with Gasteiger partial charge in [0.05, 0.1) is 13.2 Å². The molecule has 0 fully saturated rings. The molecule has 1 heterocycles. The van der Waals surface area contributed by atoms with E-state index in [1.165, 1.54) is 5.39 Å². The van der Waals surface area contributed by atoms with Gasteiger partial charge in [-0.25, -0.2) is 0 Å². The molecule has 2 aromatic rings. The SMILES string of the molecule is CCOc1ccc2cscc2c1OCC. The maximum absolute atomic E-state index is 5.64. The van der Waals surface area contributed by atoms with Gasteiger partial charge in [-0.1, -0.05) is 0 Å². The fourth-order valence-corrected chi connectivity index (χ4v) is 2.36. The highest BCUT2D eigenvalue weighted by Gasteiger charge is 2.09. The predicted octanol–water partition coefficient (Wildman–Crippen LogP) is 3.70. The molecule has 0 saturated carbocycles. The fraction of sp³-hybridized carbons (Fsp3) is 0.333. The summed E-state index contributed by atoms with van der Waals surface area (Å²) in [6, 6.07) is 4.04. The Morgan fingerprint density at radius 1 is 1.07 bits per heavy atom. The van der Waals surface area contributed by atoms with E-state index in [9.17, 15) is 0 Å². The van der Waals surface area contributed by atoms with E-state index in [1.54, 1.807) is 11.3 Å². The van der Waals surface area contributed by atoms with E-state index in [0.29, 0.717) is 13.2 Å². The van der Waals surface area contributed by atoms with Crippen LogP contribution in [0.15, 0.2) is 22.9 Å². The number of thiophene rings is 1. The van der Waals surface area contributed by atoms with Crippen molar-refractivity contribution in [3.8, 4) is 11.5 Å². The van der Waals surface area contributed by atoms with Gasteiger partial charge in [0, 0.05) is 10.8 Å². The maximum Gasteiger partial charge on any atom is 0.169 e. The second kappa shape index (κ2) is 4.53. The highest BCUT2D eigenvalue weighted by molar-refractivity contribution is 7.09. The van der Waals surface area contributed by atoms with Crippen molar-refractivity contribution in [2.75, 3.05) is 13.2 Å². The molecule has 0 N–H and O–H groups in total. The van der Waals surface area contributed by atoms with Crippen LogP contribution in [0.1, 0.15) is 13.8 Å². The van der Waals surface area contributed by atoms with Crippen molar-refractivity contribution in [3.05, 3.63) is 22.9 Å². The van der Waals surface area contributed by atoms with Crippen LogP contribution in [0, 0.1) is 0 Å². The largest absolute Gasteiger partial charge is 0.490 e. The van der Waals surface area contributed by atoms with Gasteiger partial charge in [-0.3, -0.25) is 0 Å². The Labute approximate surface area is 93.4 Å². The highest BCUT2D eigenvalue weighted by atomic mass is 32.1. The van der Waals surface area contributed by atoms with Gasteiger partial charge in [0.2, 0.25) is 0 Å². The van der Waals surface area contributed by atoms with Gasteiger partial charge in [0.1, 0.15) is 0 Å². The van der Waals surface area contributed by atoms with Crippen molar-refractivity contribution < 1.29 is 9.47 Å². The molecule has 0 radical (unpaired) electrons. The first kappa shape index (κ1) is 10.3. The smallest absolute Gasteiger partial charge is 0.169 e. The minimum absolute atomic E-state index is 0.662. The highest BCUT2D eigenvalue weighted by Crippen LogP contribution is 2.37. The Morgan fingerprint density at radius 3 is 2.60 bits per heavy atom. The first-order valence-corrected chi connectivity index (χ1v) is 6.05. The Balaban J connectivity index is 2.53. The standard InChI is InChI=1S/C12H14O2S/c1-3-13-11-6-5-9-7-15-8-10(9)12(11)14-4-2/h5-8H,3-4H2,1-2H3. The predicted molar refractivity (Wildman–Crippen MR) is 64.2 cm³/mol. The summed E-state index contributed by atoms with van der Waals surface area (Å²) in [5, 5.41) is 6.58. The molecule has 1 aromatic heterocycles. The molecule has 0 amide bonds. The molecule has 1 aromatic carbocycles. The lowest BCUT2D eigenvalue weighted by Gasteiger charge is -2.11. The van der Waals surface area contributed by atoms with E-state index in [0.717, 1.165) is 16.9 Å². The minimum atomic E-state index is 0.662. The molecule has 2 rings (SSSR count). The molecule has 0 saturated heterocycles. The van der Waals surface area contributed by atoms with E-state index in [2.05, 4.69) is 16.8 Å². The van der Waals surface area contributed by atoms with E-state index >= 15 is 0 Å². The van der Waals surface area contributed by atoms with Gasteiger partial charge in [0.25, 0.3) is 0 Å². The van der Waals surface area contributed by atoms with Crippen molar-refractivity contribution in [3.63, 3.8) is 0 Å². The van der Waals surface area contributed by atoms with Crippen LogP contribution < -0.4 is 9.47 Å². The van der Waals surface area contributed by atoms with Crippen molar-refractivity contribution >= 4 is 22.1 Å². The molecule has 0 bridgehead atoms. The maximum atomic E-state index is 5.64. The summed E-state index contributed by atoms with van der Waals surface area (Å²) in [7, 11) is 0. The van der Waals surface area contributed by atoms with Gasteiger partial charge in [0.15, 0.2) is 11.5 Å². The van der Waals surface area contributed by atoms with Crippen LogP contribution >= 0.6 is 11.3 Å². The number of benzene rings is 1. The van der Waals surface area contributed by atoms with Crippen LogP contribution in [0.3, 0.4) is 0 Å². The van der Waals surface area contributed by atoms with E-state index in [4.69, 9.17) is 9.47 Å². The van der Waals surface area contributed by atoms with E-state index in [-0.39, 0.29) is 0 Å². The summed E-state index contributed by atoms with van der Waals surface area (Å²) in [5.74, 6) is 1.71. The van der Waals surface area contributed by atoms with Gasteiger partial charge >= 0.3 is 0 Å². The minimum Gasteiger partial charge on any atom is -0.490 e. The third-order valence-corrected chi connectivity index (χ3v) is 2.92. The Morgan fingerprint density at radius 2 is 1.87 bits per heavy atom. The number of rotatable bonds is 4. The zero-order valence-electron chi connectivity index (χ0n) is 8.95. The Hall–Kier alpha value is -1.22. The topological polar surface area (TPSA) is 18.5 Å². The fourth-order valence-electron chi connectivity index (χ4n) is 1.56. The Kier molecular flexibility index (Phi) is 3.11. The van der Waals surface area contributed by atoms with Crippen molar-refractivity contribution in [2.45, 2.75) is 13.8 Å². The zero-order chi connectivity index (χ0) is 10.7. The summed E-state index contributed by atoms with van der Waals surface area (Å²) in [6.07, 6.45) is 0. The Bertz CT molecular complexity index is 448. The summed E-state index contributed by atoms with van der Waals surface area (Å²) in [5.41, 5.74) is 0. The van der Waals surface area contributed by atoms with Crippen LogP contribution in [0.2, 0.25) is 0 Å². The normalized spacial score (nSPS) is 10.5. The molecule has 0 spiro atoms. The molecule has 0 aliphatic carbocycles. The average molecular weight is 222 g/mol. The molecule has 0 aliphatic heterocycles.